The van der Waals surface area contributed by atoms with Crippen molar-refractivity contribution < 1.29 is 4.79 Å². The van der Waals surface area contributed by atoms with E-state index >= 15 is 0 Å². The number of carbonyl (C=O) groups is 1. The molecule has 3 nitrogen and oxygen atoms in total. The molecule has 0 aliphatic carbocycles. The van der Waals surface area contributed by atoms with E-state index in [2.05, 4.69) is 26.7 Å². The highest BCUT2D eigenvalue weighted by atomic mass is 16.2. The molecule has 0 bridgehead atoms. The number of carbonyl (C=O) groups excluding carboxylic acids is 1. The molecular weight excluding hydrogens is 212 g/mol. The molecule has 1 unspecified atom stereocenters. The highest BCUT2D eigenvalue weighted by Crippen LogP contribution is 2.34. The minimum absolute atomic E-state index is 0.00955. The van der Waals surface area contributed by atoms with Crippen LogP contribution in [0.3, 0.4) is 0 Å². The molecule has 0 aromatic rings. The molecule has 1 fully saturated rings. The van der Waals surface area contributed by atoms with Gasteiger partial charge in [-0.15, -0.1) is 12.3 Å². The van der Waals surface area contributed by atoms with E-state index in [4.69, 9.17) is 12.2 Å². The second-order valence-corrected chi connectivity index (χ2v) is 5.98. The predicted molar refractivity (Wildman–Crippen MR) is 70.2 cm³/mol. The van der Waals surface area contributed by atoms with E-state index in [0.29, 0.717) is 17.8 Å². The number of nitrogens with two attached hydrogens (primary N) is 1. The summed E-state index contributed by atoms with van der Waals surface area (Å²) in [5, 5.41) is 0. The zero-order valence-electron chi connectivity index (χ0n) is 11.2. The van der Waals surface area contributed by atoms with Crippen LogP contribution in [0, 0.1) is 23.7 Å². The van der Waals surface area contributed by atoms with E-state index in [1.54, 1.807) is 0 Å². The molecule has 3 heteroatoms. The van der Waals surface area contributed by atoms with Crippen molar-refractivity contribution in [3.63, 3.8) is 0 Å². The van der Waals surface area contributed by atoms with Crippen LogP contribution in [0.2, 0.25) is 0 Å². The topological polar surface area (TPSA) is 46.3 Å². The van der Waals surface area contributed by atoms with E-state index in [9.17, 15) is 4.79 Å². The molecule has 0 radical (unpaired) electrons. The van der Waals surface area contributed by atoms with Crippen molar-refractivity contribution in [3.8, 4) is 12.3 Å². The lowest BCUT2D eigenvalue weighted by atomic mass is 9.75. The van der Waals surface area contributed by atoms with Crippen molar-refractivity contribution in [2.75, 3.05) is 13.1 Å². The number of amides is 1. The lowest BCUT2D eigenvalue weighted by molar-refractivity contribution is -0.134. The van der Waals surface area contributed by atoms with Gasteiger partial charge in [0.15, 0.2) is 0 Å². The molecule has 96 valence electrons. The molecule has 1 aliphatic heterocycles. The first-order chi connectivity index (χ1) is 7.86. The molecule has 1 heterocycles. The maximum absolute atomic E-state index is 11.9. The summed E-state index contributed by atoms with van der Waals surface area (Å²) in [6.07, 6.45) is 7.64. The van der Waals surface area contributed by atoms with Crippen molar-refractivity contribution in [1.82, 2.24) is 4.90 Å². The SMILES string of the molecule is C#CCC(N)C(=O)N1CCC(C(C)(C)C)CC1. The van der Waals surface area contributed by atoms with Crippen LogP contribution in [0.15, 0.2) is 0 Å². The third-order valence-electron chi connectivity index (χ3n) is 3.69. The maximum Gasteiger partial charge on any atom is 0.240 e. The van der Waals surface area contributed by atoms with Crippen molar-refractivity contribution in [2.45, 2.75) is 46.1 Å². The van der Waals surface area contributed by atoms with E-state index in [1.165, 1.54) is 0 Å². The van der Waals surface area contributed by atoms with Gasteiger partial charge in [0, 0.05) is 19.5 Å². The minimum Gasteiger partial charge on any atom is -0.341 e. The summed E-state index contributed by atoms with van der Waals surface area (Å²) in [5.41, 5.74) is 6.07. The highest BCUT2D eigenvalue weighted by molar-refractivity contribution is 5.82. The maximum atomic E-state index is 11.9. The van der Waals surface area contributed by atoms with Crippen LogP contribution in [0.25, 0.3) is 0 Å². The molecule has 0 aromatic carbocycles. The lowest BCUT2D eigenvalue weighted by Gasteiger charge is -2.39. The molecule has 0 aromatic heterocycles. The van der Waals surface area contributed by atoms with Gasteiger partial charge >= 0.3 is 0 Å². The second-order valence-electron chi connectivity index (χ2n) is 5.98. The van der Waals surface area contributed by atoms with Gasteiger partial charge < -0.3 is 10.6 Å². The Morgan fingerprint density at radius 3 is 2.41 bits per heavy atom. The van der Waals surface area contributed by atoms with Gasteiger partial charge in [0.2, 0.25) is 5.91 Å². The van der Waals surface area contributed by atoms with Crippen LogP contribution in [-0.2, 0) is 4.79 Å². The van der Waals surface area contributed by atoms with Gasteiger partial charge in [-0.2, -0.15) is 0 Å². The largest absolute Gasteiger partial charge is 0.341 e. The standard InChI is InChI=1S/C14H24N2O/c1-5-6-12(15)13(17)16-9-7-11(8-10-16)14(2,3)4/h1,11-12H,6-10,15H2,2-4H3. The Morgan fingerprint density at radius 1 is 1.47 bits per heavy atom. The summed E-state index contributed by atoms with van der Waals surface area (Å²) in [6.45, 7) is 8.43. The van der Waals surface area contributed by atoms with Crippen molar-refractivity contribution in [1.29, 1.82) is 0 Å². The predicted octanol–water partition coefficient (Wildman–Crippen LogP) is 1.62. The summed E-state index contributed by atoms with van der Waals surface area (Å²) in [7, 11) is 0. The summed E-state index contributed by atoms with van der Waals surface area (Å²) >= 11 is 0. The highest BCUT2D eigenvalue weighted by Gasteiger charge is 2.31. The average Bonchev–Trinajstić information content (AvgIpc) is 2.27. The zero-order valence-corrected chi connectivity index (χ0v) is 11.2. The fourth-order valence-corrected chi connectivity index (χ4v) is 2.41. The number of rotatable bonds is 2. The number of nitrogens with zero attached hydrogens (tertiary/aromatic N) is 1. The number of hydrogen-bond donors (Lipinski definition) is 1. The molecule has 1 rings (SSSR count). The number of terminal acetylenes is 1. The Bertz CT molecular complexity index is 303. The molecule has 1 atom stereocenters. The van der Waals surface area contributed by atoms with Crippen molar-refractivity contribution in [3.05, 3.63) is 0 Å². The molecule has 2 N–H and O–H groups in total. The van der Waals surface area contributed by atoms with Crippen LogP contribution < -0.4 is 5.73 Å². The molecule has 0 spiro atoms. The van der Waals surface area contributed by atoms with Crippen LogP contribution in [0.1, 0.15) is 40.0 Å². The van der Waals surface area contributed by atoms with Gasteiger partial charge in [0.05, 0.1) is 6.04 Å². The van der Waals surface area contributed by atoms with Gasteiger partial charge in [-0.25, -0.2) is 0 Å². The molecule has 0 saturated carbocycles. The lowest BCUT2D eigenvalue weighted by Crippen LogP contribution is -2.48. The number of piperidine rings is 1. The van der Waals surface area contributed by atoms with E-state index in [1.807, 2.05) is 4.90 Å². The van der Waals surface area contributed by atoms with Crippen molar-refractivity contribution in [2.24, 2.45) is 17.1 Å². The zero-order chi connectivity index (χ0) is 13.1. The van der Waals surface area contributed by atoms with Gasteiger partial charge in [-0.3, -0.25) is 4.79 Å². The fraction of sp³-hybridized carbons (Fsp3) is 0.786. The monoisotopic (exact) mass is 236 g/mol. The van der Waals surface area contributed by atoms with Gasteiger partial charge in [0.25, 0.3) is 0 Å². The van der Waals surface area contributed by atoms with E-state index in [-0.39, 0.29) is 5.91 Å². The van der Waals surface area contributed by atoms with Crippen LogP contribution in [0.4, 0.5) is 0 Å². The molecular formula is C14H24N2O. The first kappa shape index (κ1) is 14.1. The van der Waals surface area contributed by atoms with Crippen LogP contribution >= 0.6 is 0 Å². The number of hydrogen-bond acceptors (Lipinski definition) is 2. The molecule has 1 saturated heterocycles. The Kier molecular flexibility index (Phi) is 4.59. The molecule has 1 aliphatic rings. The first-order valence-electron chi connectivity index (χ1n) is 6.34. The molecule has 17 heavy (non-hydrogen) atoms. The Hall–Kier alpha value is -1.01. The summed E-state index contributed by atoms with van der Waals surface area (Å²) in [4.78, 5) is 13.8. The smallest absolute Gasteiger partial charge is 0.240 e. The average molecular weight is 236 g/mol. The van der Waals surface area contributed by atoms with Gasteiger partial charge in [-0.1, -0.05) is 20.8 Å². The van der Waals surface area contributed by atoms with Crippen LogP contribution in [0.5, 0.6) is 0 Å². The fourth-order valence-electron chi connectivity index (χ4n) is 2.41. The van der Waals surface area contributed by atoms with Gasteiger partial charge in [0.1, 0.15) is 0 Å². The summed E-state index contributed by atoms with van der Waals surface area (Å²) in [5.74, 6) is 3.15. The first-order valence-corrected chi connectivity index (χ1v) is 6.34. The number of likely N-dealkylation sites (tertiary alicyclic amines) is 1. The summed E-state index contributed by atoms with van der Waals surface area (Å²) in [6, 6.07) is -0.522. The van der Waals surface area contributed by atoms with Crippen molar-refractivity contribution >= 4 is 5.91 Å². The van der Waals surface area contributed by atoms with E-state index < -0.39 is 6.04 Å². The Morgan fingerprint density at radius 2 is 2.00 bits per heavy atom. The quantitative estimate of drug-likeness (QED) is 0.741. The van der Waals surface area contributed by atoms with Crippen LogP contribution in [-0.4, -0.2) is 29.9 Å². The third-order valence-corrected chi connectivity index (χ3v) is 3.69. The molecule has 1 amide bonds. The second kappa shape index (κ2) is 5.55. The third kappa shape index (κ3) is 3.74. The minimum atomic E-state index is -0.522. The van der Waals surface area contributed by atoms with E-state index in [0.717, 1.165) is 25.9 Å². The van der Waals surface area contributed by atoms with Gasteiger partial charge in [-0.05, 0) is 24.2 Å². The normalized spacial score (nSPS) is 19.8. The Labute approximate surface area is 105 Å². The summed E-state index contributed by atoms with van der Waals surface area (Å²) < 4.78 is 0. The Balaban J connectivity index is 2.47.